The van der Waals surface area contributed by atoms with Crippen molar-refractivity contribution < 1.29 is 9.53 Å². The summed E-state index contributed by atoms with van der Waals surface area (Å²) in [7, 11) is 0. The molecule has 0 saturated carbocycles. The van der Waals surface area contributed by atoms with Gasteiger partial charge in [-0.15, -0.1) is 0 Å². The monoisotopic (exact) mass is 283 g/mol. The van der Waals surface area contributed by atoms with E-state index in [9.17, 15) is 4.79 Å². The molecular formula is C16H17N3O2. The summed E-state index contributed by atoms with van der Waals surface area (Å²) in [5.74, 6) is -0.260. The predicted molar refractivity (Wildman–Crippen MR) is 81.0 cm³/mol. The summed E-state index contributed by atoms with van der Waals surface area (Å²) in [5.41, 5.74) is 2.84. The first-order valence-corrected chi connectivity index (χ1v) is 7.04. The number of hydrogen-bond acceptors (Lipinski definition) is 4. The Labute approximate surface area is 122 Å². The van der Waals surface area contributed by atoms with Gasteiger partial charge in [0.15, 0.2) is 0 Å². The largest absolute Gasteiger partial charge is 0.464 e. The first kappa shape index (κ1) is 13.5. The molecule has 0 bridgehead atoms. The van der Waals surface area contributed by atoms with Crippen LogP contribution in [0.3, 0.4) is 0 Å². The van der Waals surface area contributed by atoms with Crippen LogP contribution in [0.5, 0.6) is 0 Å². The zero-order valence-corrected chi connectivity index (χ0v) is 12.1. The number of fused-ring (bicyclic) bond motifs is 3. The van der Waals surface area contributed by atoms with Crippen LogP contribution in [0.2, 0.25) is 0 Å². The molecule has 108 valence electrons. The molecule has 5 heteroatoms. The Hall–Kier alpha value is -2.43. The number of pyridine rings is 1. The molecule has 3 rings (SSSR count). The van der Waals surface area contributed by atoms with E-state index in [4.69, 9.17) is 4.74 Å². The molecule has 0 aliphatic carbocycles. The van der Waals surface area contributed by atoms with Crippen molar-refractivity contribution in [2.24, 2.45) is 0 Å². The highest BCUT2D eigenvalue weighted by Crippen LogP contribution is 2.26. The Morgan fingerprint density at radius 1 is 1.29 bits per heavy atom. The average molecular weight is 283 g/mol. The molecule has 0 saturated heterocycles. The van der Waals surface area contributed by atoms with E-state index in [1.165, 1.54) is 6.92 Å². The van der Waals surface area contributed by atoms with Gasteiger partial charge >= 0.3 is 5.97 Å². The number of benzene rings is 1. The van der Waals surface area contributed by atoms with Crippen LogP contribution in [0.1, 0.15) is 26.3 Å². The Balaban J connectivity index is 2.13. The van der Waals surface area contributed by atoms with Gasteiger partial charge in [0.2, 0.25) is 0 Å². The minimum atomic E-state index is -0.260. The summed E-state index contributed by atoms with van der Waals surface area (Å²) < 4.78 is 7.26. The lowest BCUT2D eigenvalue weighted by molar-refractivity contribution is -0.142. The Morgan fingerprint density at radius 3 is 2.86 bits per heavy atom. The highest BCUT2D eigenvalue weighted by Gasteiger charge is 2.16. The van der Waals surface area contributed by atoms with Gasteiger partial charge in [-0.05, 0) is 12.5 Å². The topological polar surface area (TPSA) is 57.0 Å². The third-order valence-corrected chi connectivity index (χ3v) is 3.65. The van der Waals surface area contributed by atoms with E-state index in [0.717, 1.165) is 28.4 Å². The lowest BCUT2D eigenvalue weighted by Crippen LogP contribution is -2.16. The fourth-order valence-electron chi connectivity index (χ4n) is 2.55. The molecule has 0 unspecified atom stereocenters. The van der Waals surface area contributed by atoms with Crippen LogP contribution in [0.4, 0.5) is 0 Å². The zero-order chi connectivity index (χ0) is 14.8. The molecule has 21 heavy (non-hydrogen) atoms. The summed E-state index contributed by atoms with van der Waals surface area (Å²) in [4.78, 5) is 19.9. The summed E-state index contributed by atoms with van der Waals surface area (Å²) in [6.45, 7) is 3.86. The Bertz CT molecular complexity index is 794. The molecule has 2 aromatic heterocycles. The number of ether oxygens (including phenoxy) is 1. The van der Waals surface area contributed by atoms with E-state index in [1.54, 1.807) is 12.5 Å². The number of nitrogens with zero attached hydrogens (tertiary/aromatic N) is 3. The average Bonchev–Trinajstić information content (AvgIpc) is 2.92. The minimum absolute atomic E-state index is 0.0738. The van der Waals surface area contributed by atoms with Crippen LogP contribution in [-0.4, -0.2) is 27.1 Å². The number of para-hydroxylation sites is 1. The van der Waals surface area contributed by atoms with E-state index in [2.05, 4.69) is 21.5 Å². The van der Waals surface area contributed by atoms with Crippen molar-refractivity contribution in [2.75, 3.05) is 6.61 Å². The number of hydrogen-bond donors (Lipinski definition) is 0. The second kappa shape index (κ2) is 5.52. The lowest BCUT2D eigenvalue weighted by Gasteiger charge is -2.17. The van der Waals surface area contributed by atoms with Gasteiger partial charge in [0.05, 0.1) is 29.6 Å². The van der Waals surface area contributed by atoms with Crippen molar-refractivity contribution in [2.45, 2.75) is 26.3 Å². The standard InChI is InChI=1S/C16H17N3O2/c1-3-12(9-21-11(2)20)19-10-18-15-8-17-14-7-5-4-6-13(14)16(15)19/h4-8,10,12H,3,9H2,1-2H3/t12-/m0/s1. The van der Waals surface area contributed by atoms with Crippen LogP contribution >= 0.6 is 0 Å². The smallest absolute Gasteiger partial charge is 0.302 e. The molecule has 0 spiro atoms. The molecule has 3 aromatic rings. The SMILES string of the molecule is CC[C@@H](COC(C)=O)n1cnc2cnc3ccccc3c21. The summed E-state index contributed by atoms with van der Waals surface area (Å²) >= 11 is 0. The van der Waals surface area contributed by atoms with Gasteiger partial charge in [0, 0.05) is 12.3 Å². The van der Waals surface area contributed by atoms with Crippen LogP contribution in [0.15, 0.2) is 36.8 Å². The van der Waals surface area contributed by atoms with Crippen molar-refractivity contribution in [1.29, 1.82) is 0 Å². The highest BCUT2D eigenvalue weighted by molar-refractivity contribution is 6.01. The zero-order valence-electron chi connectivity index (χ0n) is 12.1. The van der Waals surface area contributed by atoms with Gasteiger partial charge in [-0.1, -0.05) is 25.1 Å². The van der Waals surface area contributed by atoms with Gasteiger partial charge < -0.3 is 9.30 Å². The first-order valence-electron chi connectivity index (χ1n) is 7.04. The van der Waals surface area contributed by atoms with E-state index < -0.39 is 0 Å². The van der Waals surface area contributed by atoms with Gasteiger partial charge in [-0.2, -0.15) is 0 Å². The molecule has 1 atom stereocenters. The summed E-state index contributed by atoms with van der Waals surface area (Å²) in [5, 5.41) is 1.06. The predicted octanol–water partition coefficient (Wildman–Crippen LogP) is 3.10. The summed E-state index contributed by atoms with van der Waals surface area (Å²) in [6, 6.07) is 8.07. The maximum Gasteiger partial charge on any atom is 0.302 e. The molecular weight excluding hydrogens is 266 g/mol. The van der Waals surface area contributed by atoms with E-state index in [1.807, 2.05) is 24.3 Å². The quantitative estimate of drug-likeness (QED) is 0.690. The van der Waals surface area contributed by atoms with Crippen molar-refractivity contribution in [3.05, 3.63) is 36.8 Å². The molecule has 0 aliphatic rings. The van der Waals surface area contributed by atoms with Crippen LogP contribution in [-0.2, 0) is 9.53 Å². The van der Waals surface area contributed by atoms with Gasteiger partial charge in [-0.3, -0.25) is 9.78 Å². The van der Waals surface area contributed by atoms with E-state index >= 15 is 0 Å². The number of aromatic nitrogens is 3. The van der Waals surface area contributed by atoms with Crippen LogP contribution in [0, 0.1) is 0 Å². The fourth-order valence-corrected chi connectivity index (χ4v) is 2.55. The second-order valence-electron chi connectivity index (χ2n) is 5.03. The normalized spacial score (nSPS) is 12.7. The number of carbonyl (C=O) groups excluding carboxylic acids is 1. The maximum atomic E-state index is 11.1. The maximum absolute atomic E-state index is 11.1. The van der Waals surface area contributed by atoms with E-state index in [0.29, 0.717) is 6.61 Å². The Kier molecular flexibility index (Phi) is 3.56. The second-order valence-corrected chi connectivity index (χ2v) is 5.03. The molecule has 0 amide bonds. The molecule has 2 heterocycles. The third kappa shape index (κ3) is 2.46. The van der Waals surface area contributed by atoms with E-state index in [-0.39, 0.29) is 12.0 Å². The molecule has 0 radical (unpaired) electrons. The molecule has 0 N–H and O–H groups in total. The van der Waals surface area contributed by atoms with Crippen LogP contribution in [0.25, 0.3) is 21.9 Å². The Morgan fingerprint density at radius 2 is 2.10 bits per heavy atom. The summed E-state index contributed by atoms with van der Waals surface area (Å²) in [6.07, 6.45) is 4.44. The first-order chi connectivity index (χ1) is 10.2. The van der Waals surface area contributed by atoms with Crippen molar-refractivity contribution in [3.63, 3.8) is 0 Å². The van der Waals surface area contributed by atoms with Crippen molar-refractivity contribution >= 4 is 27.9 Å². The number of imidazole rings is 1. The number of rotatable bonds is 4. The third-order valence-electron chi connectivity index (χ3n) is 3.65. The fraction of sp³-hybridized carbons (Fsp3) is 0.312. The van der Waals surface area contributed by atoms with Gasteiger partial charge in [0.25, 0.3) is 0 Å². The van der Waals surface area contributed by atoms with Gasteiger partial charge in [-0.25, -0.2) is 4.98 Å². The molecule has 1 aromatic carbocycles. The lowest BCUT2D eigenvalue weighted by atomic mass is 10.1. The van der Waals surface area contributed by atoms with Crippen molar-refractivity contribution in [1.82, 2.24) is 14.5 Å². The highest BCUT2D eigenvalue weighted by atomic mass is 16.5. The number of esters is 1. The molecule has 5 nitrogen and oxygen atoms in total. The number of carbonyl (C=O) groups is 1. The molecule has 0 aliphatic heterocycles. The molecule has 0 fully saturated rings. The minimum Gasteiger partial charge on any atom is -0.464 e. The van der Waals surface area contributed by atoms with Gasteiger partial charge in [0.1, 0.15) is 12.1 Å². The van der Waals surface area contributed by atoms with Crippen molar-refractivity contribution in [3.8, 4) is 0 Å². The van der Waals surface area contributed by atoms with Crippen LogP contribution < -0.4 is 0 Å².